The molecule has 1 saturated carbocycles. The third kappa shape index (κ3) is 0.864. The van der Waals surface area contributed by atoms with E-state index < -0.39 is 0 Å². The highest BCUT2D eigenvalue weighted by Gasteiger charge is 2.52. The van der Waals surface area contributed by atoms with Crippen molar-refractivity contribution in [2.75, 3.05) is 13.2 Å². The number of fused-ring (bicyclic) bond motifs is 1. The maximum atomic E-state index is 9.55. The second-order valence-corrected chi connectivity index (χ2v) is 3.16. The molecular formula is C7H12O2. The van der Waals surface area contributed by atoms with Crippen LogP contribution in [-0.2, 0) is 4.74 Å². The summed E-state index contributed by atoms with van der Waals surface area (Å²) < 4.78 is 5.20. The molecule has 1 N–H and O–H groups in total. The van der Waals surface area contributed by atoms with E-state index in [4.69, 9.17) is 4.74 Å². The molecule has 2 aliphatic rings. The summed E-state index contributed by atoms with van der Waals surface area (Å²) in [5.41, 5.74) is -0.295. The average Bonchev–Trinajstić information content (AvgIpc) is 2.40. The van der Waals surface area contributed by atoms with E-state index in [1.165, 1.54) is 0 Å². The van der Waals surface area contributed by atoms with Crippen LogP contribution >= 0.6 is 0 Å². The number of aliphatic hydroxyl groups is 1. The molecule has 52 valence electrons. The van der Waals surface area contributed by atoms with Crippen LogP contribution in [0.15, 0.2) is 0 Å². The zero-order valence-corrected chi connectivity index (χ0v) is 5.47. The van der Waals surface area contributed by atoms with Crippen molar-refractivity contribution in [2.24, 2.45) is 5.92 Å². The fourth-order valence-electron chi connectivity index (χ4n) is 1.62. The van der Waals surface area contributed by atoms with E-state index in [1.807, 2.05) is 0 Å². The lowest BCUT2D eigenvalue weighted by Crippen LogP contribution is -2.10. The molecule has 1 heterocycles. The van der Waals surface area contributed by atoms with Gasteiger partial charge >= 0.3 is 0 Å². The summed E-state index contributed by atoms with van der Waals surface area (Å²) in [6, 6.07) is 0. The molecular weight excluding hydrogens is 116 g/mol. The van der Waals surface area contributed by atoms with Crippen LogP contribution < -0.4 is 0 Å². The minimum Gasteiger partial charge on any atom is -0.389 e. The average molecular weight is 128 g/mol. The molecule has 1 aliphatic heterocycles. The van der Waals surface area contributed by atoms with E-state index in [9.17, 15) is 5.11 Å². The SMILES string of the molecule is OC12CCOCCC1C2. The van der Waals surface area contributed by atoms with Gasteiger partial charge in [-0.2, -0.15) is 0 Å². The van der Waals surface area contributed by atoms with Crippen LogP contribution in [-0.4, -0.2) is 23.9 Å². The van der Waals surface area contributed by atoms with Gasteiger partial charge in [0.1, 0.15) is 0 Å². The Bertz CT molecular complexity index is 124. The van der Waals surface area contributed by atoms with E-state index in [-0.39, 0.29) is 5.60 Å². The second kappa shape index (κ2) is 1.70. The van der Waals surface area contributed by atoms with Crippen molar-refractivity contribution < 1.29 is 9.84 Å². The normalized spacial score (nSPS) is 49.7. The molecule has 0 aromatic carbocycles. The molecule has 0 radical (unpaired) electrons. The third-order valence-corrected chi connectivity index (χ3v) is 2.49. The van der Waals surface area contributed by atoms with Gasteiger partial charge in [-0.05, 0) is 25.2 Å². The minimum atomic E-state index is -0.295. The molecule has 1 aliphatic carbocycles. The van der Waals surface area contributed by atoms with Gasteiger partial charge in [0.05, 0.1) is 5.60 Å². The quantitative estimate of drug-likeness (QED) is 0.516. The summed E-state index contributed by atoms with van der Waals surface area (Å²) in [7, 11) is 0. The van der Waals surface area contributed by atoms with E-state index >= 15 is 0 Å². The van der Waals surface area contributed by atoms with Crippen molar-refractivity contribution in [3.8, 4) is 0 Å². The molecule has 2 unspecified atom stereocenters. The van der Waals surface area contributed by atoms with E-state index in [0.717, 1.165) is 32.5 Å². The molecule has 2 rings (SSSR count). The molecule has 2 nitrogen and oxygen atoms in total. The molecule has 2 atom stereocenters. The number of rotatable bonds is 0. The van der Waals surface area contributed by atoms with Gasteiger partial charge in [0.15, 0.2) is 0 Å². The maximum absolute atomic E-state index is 9.55. The Hall–Kier alpha value is -0.0800. The lowest BCUT2D eigenvalue weighted by Gasteiger charge is -2.03. The standard InChI is InChI=1S/C7H12O2/c8-7-2-4-9-3-1-6(7)5-7/h6,8H,1-5H2. The fourth-order valence-corrected chi connectivity index (χ4v) is 1.62. The number of ether oxygens (including phenoxy) is 1. The van der Waals surface area contributed by atoms with E-state index in [2.05, 4.69) is 0 Å². The molecule has 0 bridgehead atoms. The Kier molecular flexibility index (Phi) is 1.08. The van der Waals surface area contributed by atoms with E-state index in [0.29, 0.717) is 5.92 Å². The van der Waals surface area contributed by atoms with Crippen LogP contribution in [0, 0.1) is 5.92 Å². The van der Waals surface area contributed by atoms with Gasteiger partial charge < -0.3 is 9.84 Å². The van der Waals surface area contributed by atoms with Gasteiger partial charge in [-0.1, -0.05) is 0 Å². The highest BCUT2D eigenvalue weighted by atomic mass is 16.5. The lowest BCUT2D eigenvalue weighted by molar-refractivity contribution is 0.0893. The van der Waals surface area contributed by atoms with E-state index in [1.54, 1.807) is 0 Å². The van der Waals surface area contributed by atoms with Crippen LogP contribution in [0.25, 0.3) is 0 Å². The summed E-state index contributed by atoms with van der Waals surface area (Å²) >= 11 is 0. The summed E-state index contributed by atoms with van der Waals surface area (Å²) in [6.45, 7) is 1.61. The Labute approximate surface area is 54.8 Å². The molecule has 0 aromatic rings. The van der Waals surface area contributed by atoms with Crippen molar-refractivity contribution in [1.29, 1.82) is 0 Å². The summed E-state index contributed by atoms with van der Waals surface area (Å²) in [5.74, 6) is 0.569. The van der Waals surface area contributed by atoms with Crippen molar-refractivity contribution in [3.05, 3.63) is 0 Å². The highest BCUT2D eigenvalue weighted by Crippen LogP contribution is 2.49. The van der Waals surface area contributed by atoms with Crippen LogP contribution in [0.4, 0.5) is 0 Å². The Morgan fingerprint density at radius 1 is 1.44 bits per heavy atom. The highest BCUT2D eigenvalue weighted by molar-refractivity contribution is 5.03. The summed E-state index contributed by atoms with van der Waals surface area (Å²) in [6.07, 6.45) is 2.95. The summed E-state index contributed by atoms with van der Waals surface area (Å²) in [5, 5.41) is 9.55. The minimum absolute atomic E-state index is 0.295. The Morgan fingerprint density at radius 2 is 2.33 bits per heavy atom. The van der Waals surface area contributed by atoms with Gasteiger partial charge in [-0.15, -0.1) is 0 Å². The number of hydrogen-bond donors (Lipinski definition) is 1. The van der Waals surface area contributed by atoms with Crippen molar-refractivity contribution in [3.63, 3.8) is 0 Å². The first kappa shape index (κ1) is 5.69. The Balaban J connectivity index is 2.00. The van der Waals surface area contributed by atoms with Crippen molar-refractivity contribution >= 4 is 0 Å². The maximum Gasteiger partial charge on any atom is 0.0703 e. The predicted octanol–water partition coefficient (Wildman–Crippen LogP) is 0.548. The lowest BCUT2D eigenvalue weighted by atomic mass is 10.2. The third-order valence-electron chi connectivity index (χ3n) is 2.49. The fraction of sp³-hybridized carbons (Fsp3) is 1.00. The first-order valence-electron chi connectivity index (χ1n) is 3.61. The van der Waals surface area contributed by atoms with Gasteiger partial charge in [0.2, 0.25) is 0 Å². The van der Waals surface area contributed by atoms with Gasteiger partial charge in [0.25, 0.3) is 0 Å². The van der Waals surface area contributed by atoms with Crippen molar-refractivity contribution in [1.82, 2.24) is 0 Å². The first-order chi connectivity index (χ1) is 4.31. The Morgan fingerprint density at radius 3 is 3.22 bits per heavy atom. The largest absolute Gasteiger partial charge is 0.389 e. The van der Waals surface area contributed by atoms with Crippen LogP contribution in [0.5, 0.6) is 0 Å². The topological polar surface area (TPSA) is 29.5 Å². The first-order valence-corrected chi connectivity index (χ1v) is 3.61. The van der Waals surface area contributed by atoms with Crippen LogP contribution in [0.2, 0.25) is 0 Å². The second-order valence-electron chi connectivity index (χ2n) is 3.16. The van der Waals surface area contributed by atoms with Crippen LogP contribution in [0.3, 0.4) is 0 Å². The molecule has 1 saturated heterocycles. The molecule has 0 spiro atoms. The van der Waals surface area contributed by atoms with Crippen molar-refractivity contribution in [2.45, 2.75) is 24.9 Å². The molecule has 0 aromatic heterocycles. The molecule has 0 amide bonds. The van der Waals surface area contributed by atoms with Crippen LogP contribution in [0.1, 0.15) is 19.3 Å². The monoisotopic (exact) mass is 128 g/mol. The smallest absolute Gasteiger partial charge is 0.0703 e. The van der Waals surface area contributed by atoms with Gasteiger partial charge in [-0.3, -0.25) is 0 Å². The molecule has 9 heavy (non-hydrogen) atoms. The van der Waals surface area contributed by atoms with Gasteiger partial charge in [-0.25, -0.2) is 0 Å². The molecule has 2 heteroatoms. The predicted molar refractivity (Wildman–Crippen MR) is 33.1 cm³/mol. The summed E-state index contributed by atoms with van der Waals surface area (Å²) in [4.78, 5) is 0. The molecule has 2 fully saturated rings. The zero-order valence-electron chi connectivity index (χ0n) is 5.47. The number of hydrogen-bond acceptors (Lipinski definition) is 2. The van der Waals surface area contributed by atoms with Gasteiger partial charge in [0, 0.05) is 13.2 Å². The zero-order chi connectivity index (χ0) is 6.32.